The zero-order valence-corrected chi connectivity index (χ0v) is 28.4. The SMILES string of the molecule is c1ccc(-c2nc(-c3ccccc3)nc(-c3cccc(-c4ccc5sc6ccccc6c5c4)c3-c3cccc4c3sc3ccccc34)n2)cc1. The van der Waals surface area contributed by atoms with E-state index < -0.39 is 0 Å². The zero-order valence-electron chi connectivity index (χ0n) is 26.7. The normalized spacial score (nSPS) is 11.6. The van der Waals surface area contributed by atoms with Crippen LogP contribution in [0.4, 0.5) is 0 Å². The zero-order chi connectivity index (χ0) is 33.0. The number of hydrogen-bond acceptors (Lipinski definition) is 5. The molecule has 0 fully saturated rings. The highest BCUT2D eigenvalue weighted by Gasteiger charge is 2.22. The number of rotatable bonds is 5. The van der Waals surface area contributed by atoms with E-state index in [2.05, 4.69) is 127 Å². The molecule has 0 amide bonds. The molecule has 0 radical (unpaired) electrons. The number of thiophene rings is 2. The van der Waals surface area contributed by atoms with Crippen LogP contribution in [-0.2, 0) is 0 Å². The molecule has 10 aromatic rings. The van der Waals surface area contributed by atoms with Gasteiger partial charge in [0, 0.05) is 68.2 Å². The van der Waals surface area contributed by atoms with Crippen LogP contribution in [0, 0.1) is 0 Å². The lowest BCUT2D eigenvalue weighted by Gasteiger charge is -2.17. The van der Waals surface area contributed by atoms with E-state index in [9.17, 15) is 0 Å². The monoisotopic (exact) mass is 673 g/mol. The molecule has 234 valence electrons. The van der Waals surface area contributed by atoms with Crippen molar-refractivity contribution >= 4 is 63.0 Å². The van der Waals surface area contributed by atoms with Crippen molar-refractivity contribution in [3.63, 3.8) is 0 Å². The van der Waals surface area contributed by atoms with Crippen molar-refractivity contribution in [2.24, 2.45) is 0 Å². The first-order chi connectivity index (χ1) is 24.8. The van der Waals surface area contributed by atoms with E-state index in [0.29, 0.717) is 17.5 Å². The molecule has 0 aliphatic rings. The average molecular weight is 674 g/mol. The minimum Gasteiger partial charge on any atom is -0.208 e. The molecule has 0 spiro atoms. The summed E-state index contributed by atoms with van der Waals surface area (Å²) in [5.74, 6) is 1.95. The molecule has 7 aromatic carbocycles. The van der Waals surface area contributed by atoms with Crippen molar-refractivity contribution in [1.29, 1.82) is 0 Å². The number of hydrogen-bond donors (Lipinski definition) is 0. The summed E-state index contributed by atoms with van der Waals surface area (Å²) in [7, 11) is 0. The van der Waals surface area contributed by atoms with Crippen LogP contribution in [0.3, 0.4) is 0 Å². The molecule has 0 unspecified atom stereocenters. The van der Waals surface area contributed by atoms with Crippen LogP contribution in [0.25, 0.3) is 96.8 Å². The minimum atomic E-state index is 0.648. The lowest BCUT2D eigenvalue weighted by molar-refractivity contribution is 1.07. The van der Waals surface area contributed by atoms with Gasteiger partial charge in [-0.1, -0.05) is 140 Å². The molecule has 0 bridgehead atoms. The molecular weight excluding hydrogens is 647 g/mol. The van der Waals surface area contributed by atoms with Gasteiger partial charge in [-0.25, -0.2) is 15.0 Å². The van der Waals surface area contributed by atoms with E-state index in [1.165, 1.54) is 45.9 Å². The van der Waals surface area contributed by atoms with Gasteiger partial charge in [0.2, 0.25) is 0 Å². The number of aromatic nitrogens is 3. The largest absolute Gasteiger partial charge is 0.208 e. The first kappa shape index (κ1) is 29.0. The van der Waals surface area contributed by atoms with Crippen molar-refractivity contribution in [3.05, 3.63) is 164 Å². The van der Waals surface area contributed by atoms with Crippen LogP contribution in [0.15, 0.2) is 164 Å². The molecule has 10 rings (SSSR count). The topological polar surface area (TPSA) is 38.7 Å². The molecule has 0 aliphatic heterocycles. The van der Waals surface area contributed by atoms with Crippen molar-refractivity contribution in [3.8, 4) is 56.4 Å². The van der Waals surface area contributed by atoms with Gasteiger partial charge in [0.15, 0.2) is 17.5 Å². The first-order valence-corrected chi connectivity index (χ1v) is 18.2. The van der Waals surface area contributed by atoms with Crippen molar-refractivity contribution in [2.75, 3.05) is 0 Å². The Morgan fingerprint density at radius 3 is 1.56 bits per heavy atom. The van der Waals surface area contributed by atoms with Crippen LogP contribution in [-0.4, -0.2) is 15.0 Å². The smallest absolute Gasteiger partial charge is 0.164 e. The van der Waals surface area contributed by atoms with E-state index in [4.69, 9.17) is 15.0 Å². The maximum Gasteiger partial charge on any atom is 0.164 e. The molecule has 3 nitrogen and oxygen atoms in total. The summed E-state index contributed by atoms with van der Waals surface area (Å²) in [5, 5.41) is 5.10. The third-order valence-corrected chi connectivity index (χ3v) is 11.7. The number of fused-ring (bicyclic) bond motifs is 6. The van der Waals surface area contributed by atoms with Gasteiger partial charge in [-0.15, -0.1) is 22.7 Å². The highest BCUT2D eigenvalue weighted by Crippen LogP contribution is 2.47. The quantitative estimate of drug-likeness (QED) is 0.182. The molecule has 3 heterocycles. The van der Waals surface area contributed by atoms with Gasteiger partial charge in [-0.3, -0.25) is 0 Å². The van der Waals surface area contributed by atoms with E-state index >= 15 is 0 Å². The lowest BCUT2D eigenvalue weighted by atomic mass is 9.89. The fraction of sp³-hybridized carbons (Fsp3) is 0. The Hall–Kier alpha value is -6.01. The van der Waals surface area contributed by atoms with Crippen molar-refractivity contribution in [1.82, 2.24) is 15.0 Å². The minimum absolute atomic E-state index is 0.648. The molecule has 0 saturated heterocycles. The molecule has 0 saturated carbocycles. The Morgan fingerprint density at radius 1 is 0.320 bits per heavy atom. The maximum absolute atomic E-state index is 5.21. The molecular formula is C45H27N3S2. The Bertz CT molecular complexity index is 2810. The second-order valence-electron chi connectivity index (χ2n) is 12.4. The number of nitrogens with zero attached hydrogens (tertiary/aromatic N) is 3. The summed E-state index contributed by atoms with van der Waals surface area (Å²) in [5.41, 5.74) is 7.48. The van der Waals surface area contributed by atoms with Gasteiger partial charge in [-0.05, 0) is 35.4 Å². The standard InChI is InChI=1S/C45H27N3S2/c1-3-13-28(14-4-1)43-46-44(29-15-5-2-6-16-29)48-45(47-43)36-22-11-19-31(30-25-26-40-37(27-30)33-18-8-9-23-38(33)49-40)41(36)35-21-12-20-34-32-17-7-10-24-39(32)50-42(34)35/h1-27H. The molecule has 5 heteroatoms. The number of benzene rings is 7. The Kier molecular flexibility index (Phi) is 6.86. The van der Waals surface area contributed by atoms with Crippen LogP contribution < -0.4 is 0 Å². The fourth-order valence-electron chi connectivity index (χ4n) is 7.04. The van der Waals surface area contributed by atoms with Gasteiger partial charge in [0.05, 0.1) is 0 Å². The van der Waals surface area contributed by atoms with Crippen molar-refractivity contribution in [2.45, 2.75) is 0 Å². The molecule has 0 N–H and O–H groups in total. The summed E-state index contributed by atoms with van der Waals surface area (Å²) in [6, 6.07) is 57.9. The van der Waals surface area contributed by atoms with E-state index in [1.54, 1.807) is 0 Å². The summed E-state index contributed by atoms with van der Waals surface area (Å²) in [4.78, 5) is 15.4. The third kappa shape index (κ3) is 4.82. The molecule has 0 aliphatic carbocycles. The molecule has 50 heavy (non-hydrogen) atoms. The average Bonchev–Trinajstić information content (AvgIpc) is 3.76. The second kappa shape index (κ2) is 11.8. The highest BCUT2D eigenvalue weighted by molar-refractivity contribution is 7.26. The van der Waals surface area contributed by atoms with E-state index in [-0.39, 0.29) is 0 Å². The summed E-state index contributed by atoms with van der Waals surface area (Å²) >= 11 is 3.69. The van der Waals surface area contributed by atoms with Gasteiger partial charge in [0.25, 0.3) is 0 Å². The fourth-order valence-corrected chi connectivity index (χ4v) is 9.34. The van der Waals surface area contributed by atoms with Crippen LogP contribution in [0.2, 0.25) is 0 Å². The van der Waals surface area contributed by atoms with Gasteiger partial charge < -0.3 is 0 Å². The Labute approximate surface area is 296 Å². The summed E-state index contributed by atoms with van der Waals surface area (Å²) in [6.07, 6.45) is 0. The highest BCUT2D eigenvalue weighted by atomic mass is 32.1. The van der Waals surface area contributed by atoms with E-state index in [1.807, 2.05) is 59.1 Å². The maximum atomic E-state index is 5.21. The lowest BCUT2D eigenvalue weighted by Crippen LogP contribution is -2.01. The third-order valence-electron chi connectivity index (χ3n) is 9.37. The van der Waals surface area contributed by atoms with Gasteiger partial charge >= 0.3 is 0 Å². The summed E-state index contributed by atoms with van der Waals surface area (Å²) < 4.78 is 5.12. The van der Waals surface area contributed by atoms with Crippen LogP contribution in [0.1, 0.15) is 0 Å². The van der Waals surface area contributed by atoms with Crippen LogP contribution in [0.5, 0.6) is 0 Å². The van der Waals surface area contributed by atoms with Crippen LogP contribution >= 0.6 is 22.7 Å². The Balaban J connectivity index is 1.29. The van der Waals surface area contributed by atoms with E-state index in [0.717, 1.165) is 33.4 Å². The molecule has 3 aromatic heterocycles. The Morgan fingerprint density at radius 2 is 0.840 bits per heavy atom. The summed E-state index contributed by atoms with van der Waals surface area (Å²) in [6.45, 7) is 0. The first-order valence-electron chi connectivity index (χ1n) is 16.6. The van der Waals surface area contributed by atoms with Gasteiger partial charge in [-0.2, -0.15) is 0 Å². The second-order valence-corrected chi connectivity index (χ2v) is 14.5. The van der Waals surface area contributed by atoms with Gasteiger partial charge in [0.1, 0.15) is 0 Å². The predicted octanol–water partition coefficient (Wildman–Crippen LogP) is 12.9. The predicted molar refractivity (Wildman–Crippen MR) is 213 cm³/mol. The molecule has 0 atom stereocenters. The van der Waals surface area contributed by atoms with Crippen molar-refractivity contribution < 1.29 is 0 Å².